The highest BCUT2D eigenvalue weighted by molar-refractivity contribution is 6.10. The standard InChI is InChI=1S/C78H101N19O26/c1-34(85-68(111)37(4)90-73(116)54(14-12-15-59(103)104)94-75(118)56(27-45-31-81-33-84-45)95-76(119)62(40(7)98)91-42(9)100)65(108)87-38(5)69(112)93-53(13-10-11-24-82-71(114)43-16-19-48(78(121)122)51(25-43)61-49-20-17-46(101)28-57(49)123-58-29-47(102)18-21-50(58)61)72(115)89-36(3)67(110)86-35(2)66(109)88-39(6)70(113)97-63(41(8)99)77(120)96-55(26-44-30-80-32-83-44)74(117)92-52(64(79)107)22-23-60(105)106/h16-21,25,28-41,52-56,62-63,98-99,101H,10-15,22-24,26-27H2,1-9H3,(H2,79,107)(H,80,83)(H,81,84)(H,82,114)(H,85,111)(H,86,110)(H,87,108)(H,88,109)(H,89,115)(H,90,116)(H,91,100)(H,92,117)(H,93,112)(H,94,118)(H,95,119)(H,96,120)(H,97,113)(H,103,104)(H,105,106)(H,121,122)/t34-,35-,36-,37-,38-,39-,40+,41+,52-,53-,54-,55-,56-,62-,63-/m1/s1. The Bertz CT molecular complexity index is 4900. The minimum Gasteiger partial charge on any atom is -0.508 e. The van der Waals surface area contributed by atoms with Gasteiger partial charge in [-0.25, -0.2) is 14.8 Å². The number of carbonyl (C=O) groups is 18. The van der Waals surface area contributed by atoms with E-state index in [1.807, 2.05) is 0 Å². The molecular weight excluding hydrogens is 1620 g/mol. The maximum absolute atomic E-state index is 14.3. The van der Waals surface area contributed by atoms with E-state index in [2.05, 4.69) is 94.4 Å². The molecule has 15 atom stereocenters. The highest BCUT2D eigenvalue weighted by atomic mass is 16.4. The van der Waals surface area contributed by atoms with Gasteiger partial charge in [0.1, 0.15) is 95.6 Å². The first-order valence-electron chi connectivity index (χ1n) is 38.7. The number of phenolic OH excluding ortho intramolecular Hbond substituents is 1. The number of nitrogens with zero attached hydrogens (tertiary/aromatic N) is 2. The van der Waals surface area contributed by atoms with E-state index in [0.717, 1.165) is 13.8 Å². The van der Waals surface area contributed by atoms with E-state index in [9.17, 15) is 117 Å². The van der Waals surface area contributed by atoms with E-state index in [0.29, 0.717) is 10.9 Å². The number of fused-ring (bicyclic) bond motifs is 2. The molecule has 1 aliphatic carbocycles. The van der Waals surface area contributed by atoms with Gasteiger partial charge >= 0.3 is 17.9 Å². The van der Waals surface area contributed by atoms with Crippen molar-refractivity contribution >= 4 is 117 Å². The van der Waals surface area contributed by atoms with Crippen LogP contribution < -0.4 is 85.6 Å². The number of aromatic nitrogens is 4. The second kappa shape index (κ2) is 45.8. The van der Waals surface area contributed by atoms with Crippen LogP contribution >= 0.6 is 0 Å². The van der Waals surface area contributed by atoms with Gasteiger partial charge in [-0.05, 0) is 142 Å². The zero-order valence-corrected chi connectivity index (χ0v) is 68.3. The van der Waals surface area contributed by atoms with E-state index in [4.69, 9.17) is 15.3 Å². The van der Waals surface area contributed by atoms with Gasteiger partial charge in [-0.1, -0.05) is 0 Å². The molecule has 2 aliphatic rings. The second-order valence-corrected chi connectivity index (χ2v) is 29.1. The van der Waals surface area contributed by atoms with Crippen molar-refractivity contribution in [1.29, 1.82) is 0 Å². The molecule has 45 nitrogen and oxygen atoms in total. The molecule has 45 heteroatoms. The molecule has 1 aliphatic heterocycles. The Hall–Kier alpha value is -14.3. The van der Waals surface area contributed by atoms with Crippen LogP contribution in [0.4, 0.5) is 0 Å². The van der Waals surface area contributed by atoms with Gasteiger partial charge in [-0.2, -0.15) is 0 Å². The Labute approximate surface area is 700 Å². The number of hydrogen-bond donors (Lipinski definition) is 23. The number of nitrogens with one attached hydrogen (secondary N) is 16. The molecule has 0 bridgehead atoms. The van der Waals surface area contributed by atoms with Crippen LogP contribution in [0.1, 0.15) is 146 Å². The number of aliphatic hydroxyl groups excluding tert-OH is 2. The predicted molar refractivity (Wildman–Crippen MR) is 430 cm³/mol. The number of aliphatic hydroxyl groups is 2. The van der Waals surface area contributed by atoms with Gasteiger partial charge < -0.3 is 125 Å². The van der Waals surface area contributed by atoms with Crippen molar-refractivity contribution in [2.45, 2.75) is 217 Å². The molecule has 2 aromatic carbocycles. The molecule has 6 rings (SSSR count). The third kappa shape index (κ3) is 29.6. The normalized spacial score (nSPS) is 14.8. The summed E-state index contributed by atoms with van der Waals surface area (Å²) >= 11 is 0. The third-order valence-electron chi connectivity index (χ3n) is 19.0. The summed E-state index contributed by atoms with van der Waals surface area (Å²) < 4.78 is 5.93. The number of aromatic amines is 2. The summed E-state index contributed by atoms with van der Waals surface area (Å²) in [6, 6.07) is -8.43. The number of H-pyrrole nitrogens is 2. The van der Waals surface area contributed by atoms with Crippen LogP contribution in [0.3, 0.4) is 0 Å². The van der Waals surface area contributed by atoms with Crippen LogP contribution in [0.15, 0.2) is 88.9 Å². The Balaban J connectivity index is 1.13. The molecule has 0 unspecified atom stereocenters. The topological polar surface area (TPSA) is 711 Å². The number of unbranched alkanes of at least 4 members (excludes halogenated alkanes) is 1. The molecule has 0 spiro atoms. The highest BCUT2D eigenvalue weighted by Crippen LogP contribution is 2.42. The van der Waals surface area contributed by atoms with Crippen LogP contribution in [0.25, 0.3) is 33.4 Å². The summed E-state index contributed by atoms with van der Waals surface area (Å²) in [5.74, 6) is -18.9. The zero-order valence-electron chi connectivity index (χ0n) is 68.3. The lowest BCUT2D eigenvalue weighted by Crippen LogP contribution is -2.61. The number of aromatic hydroxyl groups is 1. The Morgan fingerprint density at radius 1 is 0.447 bits per heavy atom. The predicted octanol–water partition coefficient (Wildman–Crippen LogP) is -4.39. The fourth-order valence-electron chi connectivity index (χ4n) is 12.2. The molecule has 0 saturated carbocycles. The van der Waals surface area contributed by atoms with Crippen molar-refractivity contribution in [3.63, 3.8) is 0 Å². The number of aliphatic carboxylic acids is 2. The molecule has 15 amide bonds. The van der Waals surface area contributed by atoms with Crippen LogP contribution in [0.5, 0.6) is 5.75 Å². The van der Waals surface area contributed by atoms with Crippen molar-refractivity contribution in [2.24, 2.45) is 5.73 Å². The average Bonchev–Trinajstić information content (AvgIpc) is 1.15. The van der Waals surface area contributed by atoms with Crippen molar-refractivity contribution in [1.82, 2.24) is 94.4 Å². The number of carbonyl (C=O) groups excluding carboxylic acids is 15. The van der Waals surface area contributed by atoms with Gasteiger partial charge in [0.2, 0.25) is 82.7 Å². The Kier molecular flexibility index (Phi) is 36.3. The van der Waals surface area contributed by atoms with E-state index in [1.165, 1.54) is 128 Å². The Morgan fingerprint density at radius 3 is 1.33 bits per heavy atom. The maximum Gasteiger partial charge on any atom is 0.336 e. The van der Waals surface area contributed by atoms with Gasteiger partial charge in [0.25, 0.3) is 5.91 Å². The first-order valence-corrected chi connectivity index (χ1v) is 38.7. The number of nitrogens with two attached hydrogens (primary N) is 1. The average molecular weight is 1720 g/mol. The molecule has 4 aromatic rings. The lowest BCUT2D eigenvalue weighted by atomic mass is 9.89. The summed E-state index contributed by atoms with van der Waals surface area (Å²) in [6.07, 6.45) is -0.595. The van der Waals surface area contributed by atoms with Crippen LogP contribution in [0.2, 0.25) is 0 Å². The van der Waals surface area contributed by atoms with Gasteiger partial charge in [0, 0.05) is 85.8 Å². The zero-order chi connectivity index (χ0) is 91.4. The first kappa shape index (κ1) is 97.6. The number of carboxylic acid groups (broad SMARTS) is 3. The molecule has 664 valence electrons. The number of phenols is 1. The van der Waals surface area contributed by atoms with Crippen molar-refractivity contribution in [3.05, 3.63) is 112 Å². The fourth-order valence-corrected chi connectivity index (χ4v) is 12.2. The molecule has 2 aromatic heterocycles. The van der Waals surface area contributed by atoms with Gasteiger partial charge in [0.05, 0.1) is 41.8 Å². The summed E-state index contributed by atoms with van der Waals surface area (Å²) in [6.45, 7) is 10.4. The highest BCUT2D eigenvalue weighted by Gasteiger charge is 2.38. The van der Waals surface area contributed by atoms with Crippen molar-refractivity contribution in [3.8, 4) is 28.2 Å². The lowest BCUT2D eigenvalue weighted by molar-refractivity contribution is -0.138. The number of rotatable bonds is 47. The third-order valence-corrected chi connectivity index (χ3v) is 19.0. The number of hydrogen-bond acceptors (Lipinski definition) is 25. The molecule has 24 N–H and O–H groups in total. The van der Waals surface area contributed by atoms with Crippen LogP contribution in [-0.4, -0.2) is 254 Å². The van der Waals surface area contributed by atoms with Crippen LogP contribution in [0, 0.1) is 0 Å². The fraction of sp³-hybridized carbons (Fsp3) is 0.449. The Morgan fingerprint density at radius 2 is 0.878 bits per heavy atom. The summed E-state index contributed by atoms with van der Waals surface area (Å²) in [7, 11) is 0. The summed E-state index contributed by atoms with van der Waals surface area (Å²) in [5, 5.41) is 94.2. The molecular formula is C78H101N19O26. The maximum atomic E-state index is 14.3. The molecule has 3 heterocycles. The number of aromatic carboxylic acids is 1. The number of amides is 15. The van der Waals surface area contributed by atoms with Gasteiger partial charge in [0.15, 0.2) is 5.43 Å². The number of imidazole rings is 2. The molecule has 123 heavy (non-hydrogen) atoms. The first-order chi connectivity index (χ1) is 57.9. The number of carboxylic acids is 3. The smallest absolute Gasteiger partial charge is 0.336 e. The van der Waals surface area contributed by atoms with E-state index in [-0.39, 0.29) is 102 Å². The molecule has 0 saturated heterocycles. The minimum absolute atomic E-state index is 0.0128. The van der Waals surface area contributed by atoms with Gasteiger partial charge in [-0.3, -0.25) is 86.3 Å². The van der Waals surface area contributed by atoms with Crippen LogP contribution in [-0.2, 0) is 89.6 Å². The van der Waals surface area contributed by atoms with Crippen molar-refractivity contribution in [2.75, 3.05) is 6.54 Å². The van der Waals surface area contributed by atoms with Crippen molar-refractivity contribution < 1.29 is 121 Å². The monoisotopic (exact) mass is 1720 g/mol. The second-order valence-electron chi connectivity index (χ2n) is 29.1. The number of benzene rings is 3. The lowest BCUT2D eigenvalue weighted by Gasteiger charge is -2.27. The quantitative estimate of drug-likeness (QED) is 0.0127. The van der Waals surface area contributed by atoms with E-state index < -0.39 is 222 Å². The largest absolute Gasteiger partial charge is 0.508 e. The SMILES string of the molecule is CC(=O)N[C@@H](C(=O)N[C@H](Cc1c[nH]cn1)C(=O)N[C@H](CCCC(=O)O)C(=O)N[C@H](C)C(=O)N[C@H](C)C(=O)N[C@H](C)C(=O)N[C@H](CCCCNC(=O)c1ccc(C(=O)O)c(-c2c3ccc(=O)cc-3oc3cc(O)ccc23)c1)C(=O)N[C@H](C)C(=O)N[C@H](C)C(=O)N[C@H](C)C(=O)N[C@@H](C(=O)N[C@H](Cc1c[nH]cn1)C(=O)N[C@H](CCC(=O)O)C(N)=O)[C@H](C)O)[C@H](C)O. The van der Waals surface area contributed by atoms with E-state index >= 15 is 0 Å². The molecule has 0 fully saturated rings. The van der Waals surface area contributed by atoms with E-state index in [1.54, 1.807) is 0 Å². The number of primary amides is 1. The molecule has 0 radical (unpaired) electrons. The minimum atomic E-state index is -1.82. The summed E-state index contributed by atoms with van der Waals surface area (Å²) in [4.78, 5) is 265. The summed E-state index contributed by atoms with van der Waals surface area (Å²) in [5.41, 5.74) is 5.81. The van der Waals surface area contributed by atoms with Gasteiger partial charge in [-0.15, -0.1) is 0 Å².